The van der Waals surface area contributed by atoms with Crippen LogP contribution in [-0.4, -0.2) is 43.3 Å². The molecule has 0 aromatic heterocycles. The van der Waals surface area contributed by atoms with E-state index in [0.717, 1.165) is 12.6 Å². The molecule has 2 rings (SSSR count). The Morgan fingerprint density at radius 3 is 2.67 bits per heavy atom. The molecule has 0 aromatic rings. The molecule has 0 amide bonds. The van der Waals surface area contributed by atoms with E-state index in [1.165, 1.54) is 32.2 Å². The summed E-state index contributed by atoms with van der Waals surface area (Å²) >= 11 is 0. The molecule has 0 bridgehead atoms. The molecule has 3 nitrogen and oxygen atoms in total. The van der Waals surface area contributed by atoms with Crippen LogP contribution >= 0.6 is 0 Å². The zero-order valence-corrected chi connectivity index (χ0v) is 9.98. The Bertz CT molecular complexity index is 200. The van der Waals surface area contributed by atoms with Gasteiger partial charge >= 0.3 is 0 Å². The zero-order chi connectivity index (χ0) is 10.8. The summed E-state index contributed by atoms with van der Waals surface area (Å²) < 4.78 is 5.48. The van der Waals surface area contributed by atoms with Gasteiger partial charge in [0.05, 0.1) is 6.10 Å². The van der Waals surface area contributed by atoms with Crippen molar-refractivity contribution in [1.29, 1.82) is 0 Å². The molecule has 3 heteroatoms. The van der Waals surface area contributed by atoms with Crippen molar-refractivity contribution in [1.82, 2.24) is 4.90 Å². The van der Waals surface area contributed by atoms with E-state index in [1.807, 2.05) is 7.11 Å². The van der Waals surface area contributed by atoms with E-state index in [9.17, 15) is 0 Å². The van der Waals surface area contributed by atoms with E-state index < -0.39 is 0 Å². The van der Waals surface area contributed by atoms with Gasteiger partial charge in [0.1, 0.15) is 0 Å². The van der Waals surface area contributed by atoms with Gasteiger partial charge in [-0.25, -0.2) is 0 Å². The van der Waals surface area contributed by atoms with Crippen LogP contribution in [0.5, 0.6) is 0 Å². The maximum absolute atomic E-state index is 6.07. The van der Waals surface area contributed by atoms with Gasteiger partial charge in [0, 0.05) is 32.3 Å². The van der Waals surface area contributed by atoms with Crippen LogP contribution in [0.2, 0.25) is 0 Å². The van der Waals surface area contributed by atoms with Gasteiger partial charge in [-0.05, 0) is 31.6 Å². The van der Waals surface area contributed by atoms with Gasteiger partial charge in [-0.15, -0.1) is 0 Å². The summed E-state index contributed by atoms with van der Waals surface area (Å²) in [5, 5.41) is 0. The quantitative estimate of drug-likeness (QED) is 0.748. The van der Waals surface area contributed by atoms with Gasteiger partial charge < -0.3 is 10.5 Å². The van der Waals surface area contributed by atoms with Crippen molar-refractivity contribution in [3.8, 4) is 0 Å². The lowest BCUT2D eigenvalue weighted by molar-refractivity contribution is 0.0331. The summed E-state index contributed by atoms with van der Waals surface area (Å²) in [6.45, 7) is 4.53. The van der Waals surface area contributed by atoms with Crippen molar-refractivity contribution in [2.45, 2.75) is 50.8 Å². The Kier molecular flexibility index (Phi) is 3.65. The largest absolute Gasteiger partial charge is 0.381 e. The smallest absolute Gasteiger partial charge is 0.0586 e. The Morgan fingerprint density at radius 2 is 2.07 bits per heavy atom. The van der Waals surface area contributed by atoms with Gasteiger partial charge in [0.25, 0.3) is 0 Å². The van der Waals surface area contributed by atoms with Gasteiger partial charge in [0.2, 0.25) is 0 Å². The maximum Gasteiger partial charge on any atom is 0.0586 e. The average molecular weight is 212 g/mol. The summed E-state index contributed by atoms with van der Waals surface area (Å²) in [5.74, 6) is 0.660. The predicted octanol–water partition coefficient (Wildman–Crippen LogP) is 1.22. The number of rotatable bonds is 2. The van der Waals surface area contributed by atoms with Crippen LogP contribution in [0.15, 0.2) is 0 Å². The number of ether oxygens (including phenoxy) is 1. The third-order valence-corrected chi connectivity index (χ3v) is 4.15. The van der Waals surface area contributed by atoms with Crippen LogP contribution in [0.3, 0.4) is 0 Å². The van der Waals surface area contributed by atoms with Crippen molar-refractivity contribution in [3.63, 3.8) is 0 Å². The minimum Gasteiger partial charge on any atom is -0.381 e. The van der Waals surface area contributed by atoms with E-state index in [4.69, 9.17) is 10.5 Å². The normalized spacial score (nSPS) is 43.4. The molecule has 1 heterocycles. The molecule has 2 aliphatic rings. The molecule has 0 spiro atoms. The molecular formula is C12H24N2O. The molecule has 4 atom stereocenters. The standard InChI is InChI=1S/C12H24N2O/c1-9-7-14(8-12(9)13)10-4-3-5-11(6-10)15-2/h9-12H,3-8,13H2,1-2H3. The zero-order valence-electron chi connectivity index (χ0n) is 9.98. The van der Waals surface area contributed by atoms with Gasteiger partial charge in [-0.2, -0.15) is 0 Å². The third kappa shape index (κ3) is 2.52. The SMILES string of the molecule is COC1CCCC(N2CC(C)C(N)C2)C1. The average Bonchev–Trinajstić information content (AvgIpc) is 2.59. The highest BCUT2D eigenvalue weighted by atomic mass is 16.5. The minimum absolute atomic E-state index is 0.382. The fourth-order valence-electron chi connectivity index (χ4n) is 2.99. The van der Waals surface area contributed by atoms with E-state index in [1.54, 1.807) is 0 Å². The molecule has 0 radical (unpaired) electrons. The summed E-state index contributed by atoms with van der Waals surface area (Å²) in [5.41, 5.74) is 6.07. The molecular weight excluding hydrogens is 188 g/mol. The molecule has 1 aliphatic heterocycles. The van der Waals surface area contributed by atoms with E-state index in [0.29, 0.717) is 18.1 Å². The molecule has 1 saturated heterocycles. The second-order valence-electron chi connectivity index (χ2n) is 5.27. The van der Waals surface area contributed by atoms with Crippen LogP contribution < -0.4 is 5.73 Å². The highest BCUT2D eigenvalue weighted by molar-refractivity contribution is 4.90. The molecule has 4 unspecified atom stereocenters. The fourth-order valence-corrected chi connectivity index (χ4v) is 2.99. The minimum atomic E-state index is 0.382. The van der Waals surface area contributed by atoms with Crippen LogP contribution in [-0.2, 0) is 4.74 Å². The van der Waals surface area contributed by atoms with Crippen molar-refractivity contribution < 1.29 is 4.74 Å². The molecule has 0 aromatic carbocycles. The first-order valence-electron chi connectivity index (χ1n) is 6.23. The second kappa shape index (κ2) is 4.81. The lowest BCUT2D eigenvalue weighted by atomic mass is 9.92. The first kappa shape index (κ1) is 11.4. The van der Waals surface area contributed by atoms with Gasteiger partial charge in [0.15, 0.2) is 0 Å². The summed E-state index contributed by atoms with van der Waals surface area (Å²) in [7, 11) is 1.84. The van der Waals surface area contributed by atoms with Crippen molar-refractivity contribution in [3.05, 3.63) is 0 Å². The lowest BCUT2D eigenvalue weighted by Crippen LogP contribution is -2.40. The highest BCUT2D eigenvalue weighted by Gasteiger charge is 2.33. The van der Waals surface area contributed by atoms with Gasteiger partial charge in [-0.1, -0.05) is 6.92 Å². The van der Waals surface area contributed by atoms with Crippen LogP contribution in [0, 0.1) is 5.92 Å². The van der Waals surface area contributed by atoms with Crippen LogP contribution in [0.1, 0.15) is 32.6 Å². The third-order valence-electron chi connectivity index (χ3n) is 4.15. The second-order valence-corrected chi connectivity index (χ2v) is 5.27. The number of likely N-dealkylation sites (tertiary alicyclic amines) is 1. The van der Waals surface area contributed by atoms with Crippen molar-refractivity contribution >= 4 is 0 Å². The summed E-state index contributed by atoms with van der Waals surface area (Å²) in [6.07, 6.45) is 5.57. The Hall–Kier alpha value is -0.120. The lowest BCUT2D eigenvalue weighted by Gasteiger charge is -2.34. The molecule has 1 saturated carbocycles. The molecule has 2 fully saturated rings. The fraction of sp³-hybridized carbons (Fsp3) is 1.00. The highest BCUT2D eigenvalue weighted by Crippen LogP contribution is 2.28. The van der Waals surface area contributed by atoms with E-state index >= 15 is 0 Å². The van der Waals surface area contributed by atoms with Crippen molar-refractivity contribution in [2.75, 3.05) is 20.2 Å². The number of nitrogens with two attached hydrogens (primary N) is 1. The first-order chi connectivity index (χ1) is 7.20. The number of nitrogens with zero attached hydrogens (tertiary/aromatic N) is 1. The Morgan fingerprint density at radius 1 is 1.27 bits per heavy atom. The first-order valence-corrected chi connectivity index (χ1v) is 6.23. The Labute approximate surface area is 93.0 Å². The molecule has 1 aliphatic carbocycles. The Balaban J connectivity index is 1.88. The number of hydrogen-bond donors (Lipinski definition) is 1. The van der Waals surface area contributed by atoms with Crippen LogP contribution in [0.4, 0.5) is 0 Å². The molecule has 88 valence electrons. The van der Waals surface area contributed by atoms with Crippen molar-refractivity contribution in [2.24, 2.45) is 11.7 Å². The number of methoxy groups -OCH3 is 1. The van der Waals surface area contributed by atoms with Crippen LogP contribution in [0.25, 0.3) is 0 Å². The molecule has 2 N–H and O–H groups in total. The van der Waals surface area contributed by atoms with E-state index in [2.05, 4.69) is 11.8 Å². The van der Waals surface area contributed by atoms with Gasteiger partial charge in [-0.3, -0.25) is 4.90 Å². The monoisotopic (exact) mass is 212 g/mol. The van der Waals surface area contributed by atoms with E-state index in [-0.39, 0.29) is 0 Å². The molecule has 15 heavy (non-hydrogen) atoms. The maximum atomic E-state index is 6.07. The topological polar surface area (TPSA) is 38.5 Å². The summed E-state index contributed by atoms with van der Waals surface area (Å²) in [4.78, 5) is 2.58. The summed E-state index contributed by atoms with van der Waals surface area (Å²) in [6, 6.07) is 1.10. The predicted molar refractivity (Wildman–Crippen MR) is 61.8 cm³/mol. The number of hydrogen-bond acceptors (Lipinski definition) is 3.